The van der Waals surface area contributed by atoms with E-state index in [-0.39, 0.29) is 0 Å². The standard InChI is InChI=1S/C22H21Br2NO/c1-15-7-9-17(10-8-15)14-26-22-19(23)11-18(12-20(22)24)13-25-21-6-4-3-5-16(21)2/h3-12,25H,13-14H2,1-2H3. The molecule has 134 valence electrons. The van der Waals surface area contributed by atoms with E-state index < -0.39 is 0 Å². The molecule has 0 spiro atoms. The first-order valence-electron chi connectivity index (χ1n) is 8.48. The first-order chi connectivity index (χ1) is 12.5. The third-order valence-electron chi connectivity index (χ3n) is 4.19. The van der Waals surface area contributed by atoms with Crippen LogP contribution >= 0.6 is 31.9 Å². The lowest BCUT2D eigenvalue weighted by molar-refractivity contribution is 0.302. The van der Waals surface area contributed by atoms with Gasteiger partial charge in [-0.2, -0.15) is 0 Å². The van der Waals surface area contributed by atoms with E-state index in [1.807, 2.05) is 12.1 Å². The van der Waals surface area contributed by atoms with Gasteiger partial charge >= 0.3 is 0 Å². The van der Waals surface area contributed by atoms with Crippen LogP contribution in [0.4, 0.5) is 5.69 Å². The molecule has 3 rings (SSSR count). The maximum absolute atomic E-state index is 6.02. The van der Waals surface area contributed by atoms with Crippen molar-refractivity contribution >= 4 is 37.5 Å². The first kappa shape index (κ1) is 19.0. The van der Waals surface area contributed by atoms with Crippen LogP contribution in [-0.2, 0) is 13.2 Å². The lowest BCUT2D eigenvalue weighted by Crippen LogP contribution is -2.02. The van der Waals surface area contributed by atoms with E-state index >= 15 is 0 Å². The van der Waals surface area contributed by atoms with E-state index in [1.165, 1.54) is 16.7 Å². The van der Waals surface area contributed by atoms with Crippen LogP contribution in [0.15, 0.2) is 69.6 Å². The Bertz CT molecular complexity index is 868. The summed E-state index contributed by atoms with van der Waals surface area (Å²) in [7, 11) is 0. The maximum atomic E-state index is 6.02. The monoisotopic (exact) mass is 473 g/mol. The molecule has 0 amide bonds. The average Bonchev–Trinajstić information content (AvgIpc) is 2.62. The zero-order chi connectivity index (χ0) is 18.5. The summed E-state index contributed by atoms with van der Waals surface area (Å²) in [4.78, 5) is 0. The van der Waals surface area contributed by atoms with Crippen LogP contribution in [0.25, 0.3) is 0 Å². The van der Waals surface area contributed by atoms with Crippen molar-refractivity contribution in [1.29, 1.82) is 0 Å². The van der Waals surface area contributed by atoms with E-state index in [0.717, 1.165) is 32.5 Å². The number of para-hydroxylation sites is 1. The van der Waals surface area contributed by atoms with Crippen molar-refractivity contribution in [3.05, 3.63) is 91.9 Å². The summed E-state index contributed by atoms with van der Waals surface area (Å²) in [5.41, 5.74) is 5.97. The molecule has 0 saturated heterocycles. The van der Waals surface area contributed by atoms with Gasteiger partial charge in [-0.15, -0.1) is 0 Å². The third-order valence-corrected chi connectivity index (χ3v) is 5.37. The number of anilines is 1. The number of hydrogen-bond acceptors (Lipinski definition) is 2. The van der Waals surface area contributed by atoms with Crippen LogP contribution in [0.5, 0.6) is 5.75 Å². The zero-order valence-corrected chi connectivity index (χ0v) is 18.0. The maximum Gasteiger partial charge on any atom is 0.148 e. The minimum atomic E-state index is 0.540. The van der Waals surface area contributed by atoms with Gasteiger partial charge in [0.25, 0.3) is 0 Å². The molecule has 0 aromatic heterocycles. The first-order valence-corrected chi connectivity index (χ1v) is 10.1. The molecule has 26 heavy (non-hydrogen) atoms. The number of nitrogens with one attached hydrogen (secondary N) is 1. The normalized spacial score (nSPS) is 10.6. The van der Waals surface area contributed by atoms with Crippen molar-refractivity contribution in [3.63, 3.8) is 0 Å². The molecule has 2 nitrogen and oxygen atoms in total. The molecule has 3 aromatic carbocycles. The van der Waals surface area contributed by atoms with Crippen LogP contribution < -0.4 is 10.1 Å². The third kappa shape index (κ3) is 4.89. The van der Waals surface area contributed by atoms with Crippen molar-refractivity contribution < 1.29 is 4.74 Å². The van der Waals surface area contributed by atoms with E-state index in [1.54, 1.807) is 0 Å². The molecule has 0 atom stereocenters. The lowest BCUT2D eigenvalue weighted by atomic mass is 10.1. The Kier molecular flexibility index (Phi) is 6.38. The van der Waals surface area contributed by atoms with Crippen molar-refractivity contribution in [1.82, 2.24) is 0 Å². The Labute approximate surface area is 171 Å². The van der Waals surface area contributed by atoms with Gasteiger partial charge in [-0.1, -0.05) is 48.0 Å². The molecule has 0 aliphatic rings. The van der Waals surface area contributed by atoms with Gasteiger partial charge in [0.05, 0.1) is 8.95 Å². The Morgan fingerprint density at radius 3 is 2.15 bits per heavy atom. The fraction of sp³-hybridized carbons (Fsp3) is 0.182. The Morgan fingerprint density at radius 1 is 0.846 bits per heavy atom. The van der Waals surface area contributed by atoms with Crippen LogP contribution in [0.3, 0.4) is 0 Å². The number of hydrogen-bond donors (Lipinski definition) is 1. The average molecular weight is 475 g/mol. The van der Waals surface area contributed by atoms with Gasteiger partial charge in [-0.05, 0) is 80.6 Å². The number of ether oxygens (including phenoxy) is 1. The van der Waals surface area contributed by atoms with Gasteiger partial charge in [0, 0.05) is 12.2 Å². The highest BCUT2D eigenvalue weighted by atomic mass is 79.9. The van der Waals surface area contributed by atoms with Gasteiger partial charge < -0.3 is 10.1 Å². The molecule has 0 radical (unpaired) electrons. The van der Waals surface area contributed by atoms with Gasteiger partial charge in [-0.3, -0.25) is 0 Å². The van der Waals surface area contributed by atoms with Crippen molar-refractivity contribution in [2.45, 2.75) is 27.0 Å². The molecule has 3 aromatic rings. The molecule has 1 N–H and O–H groups in total. The molecule has 0 aliphatic carbocycles. The molecule has 0 aliphatic heterocycles. The zero-order valence-electron chi connectivity index (χ0n) is 14.9. The van der Waals surface area contributed by atoms with Crippen molar-refractivity contribution in [2.24, 2.45) is 0 Å². The minimum absolute atomic E-state index is 0.540. The van der Waals surface area contributed by atoms with E-state index in [9.17, 15) is 0 Å². The Morgan fingerprint density at radius 2 is 1.50 bits per heavy atom. The van der Waals surface area contributed by atoms with Crippen LogP contribution in [0.1, 0.15) is 22.3 Å². The summed E-state index contributed by atoms with van der Waals surface area (Å²) in [6.07, 6.45) is 0. The molecular formula is C22H21Br2NO. The van der Waals surface area contributed by atoms with Gasteiger partial charge in [-0.25, -0.2) is 0 Å². The van der Waals surface area contributed by atoms with Crippen LogP contribution in [0.2, 0.25) is 0 Å². The summed E-state index contributed by atoms with van der Waals surface area (Å²) in [6.45, 7) is 5.48. The van der Waals surface area contributed by atoms with Crippen LogP contribution in [0, 0.1) is 13.8 Å². The van der Waals surface area contributed by atoms with Crippen molar-refractivity contribution in [2.75, 3.05) is 5.32 Å². The molecule has 0 heterocycles. The topological polar surface area (TPSA) is 21.3 Å². The summed E-state index contributed by atoms with van der Waals surface area (Å²) in [5, 5.41) is 3.48. The second-order valence-electron chi connectivity index (χ2n) is 6.33. The molecular weight excluding hydrogens is 454 g/mol. The fourth-order valence-electron chi connectivity index (χ4n) is 2.66. The van der Waals surface area contributed by atoms with E-state index in [2.05, 4.69) is 99.6 Å². The predicted octanol–water partition coefficient (Wildman–Crippen LogP) is 7.02. The second-order valence-corrected chi connectivity index (χ2v) is 8.04. The molecule has 0 unspecified atom stereocenters. The van der Waals surface area contributed by atoms with E-state index in [4.69, 9.17) is 4.74 Å². The predicted molar refractivity (Wildman–Crippen MR) is 116 cm³/mol. The van der Waals surface area contributed by atoms with Crippen molar-refractivity contribution in [3.8, 4) is 5.75 Å². The van der Waals surface area contributed by atoms with E-state index in [0.29, 0.717) is 6.61 Å². The SMILES string of the molecule is Cc1ccc(COc2c(Br)cc(CNc3ccccc3C)cc2Br)cc1. The van der Waals surface area contributed by atoms with Gasteiger partial charge in [0.1, 0.15) is 12.4 Å². The van der Waals surface area contributed by atoms with Gasteiger partial charge in [0.2, 0.25) is 0 Å². The Hall–Kier alpha value is -1.78. The molecule has 0 saturated carbocycles. The lowest BCUT2D eigenvalue weighted by Gasteiger charge is -2.14. The Balaban J connectivity index is 1.67. The largest absolute Gasteiger partial charge is 0.487 e. The number of benzene rings is 3. The van der Waals surface area contributed by atoms with Crippen LogP contribution in [-0.4, -0.2) is 0 Å². The summed E-state index contributed by atoms with van der Waals surface area (Å²) < 4.78 is 7.91. The fourth-order valence-corrected chi connectivity index (χ4v) is 4.17. The summed E-state index contributed by atoms with van der Waals surface area (Å²) in [5.74, 6) is 0.824. The molecule has 0 bridgehead atoms. The quantitative estimate of drug-likeness (QED) is 0.414. The second kappa shape index (κ2) is 8.74. The summed E-state index contributed by atoms with van der Waals surface area (Å²) in [6, 6.07) is 20.9. The molecule has 0 fully saturated rings. The number of aryl methyl sites for hydroxylation is 2. The highest BCUT2D eigenvalue weighted by molar-refractivity contribution is 9.11. The highest BCUT2D eigenvalue weighted by Crippen LogP contribution is 2.35. The van der Waals surface area contributed by atoms with Gasteiger partial charge in [0.15, 0.2) is 0 Å². The molecule has 4 heteroatoms. The smallest absolute Gasteiger partial charge is 0.148 e. The highest BCUT2D eigenvalue weighted by Gasteiger charge is 2.10. The number of rotatable bonds is 6. The summed E-state index contributed by atoms with van der Waals surface area (Å²) >= 11 is 7.28. The minimum Gasteiger partial charge on any atom is -0.487 e. The number of halogens is 2.